The lowest BCUT2D eigenvalue weighted by molar-refractivity contribution is 0.201. The lowest BCUT2D eigenvalue weighted by atomic mass is 10.1. The molecule has 2 aromatic carbocycles. The Morgan fingerprint density at radius 2 is 2.04 bits per heavy atom. The van der Waals surface area contributed by atoms with Crippen molar-refractivity contribution in [2.75, 3.05) is 20.3 Å². The first kappa shape index (κ1) is 17.6. The first-order chi connectivity index (χ1) is 13.1. The molecule has 0 radical (unpaired) electrons. The van der Waals surface area contributed by atoms with Crippen molar-refractivity contribution < 1.29 is 19.0 Å². The van der Waals surface area contributed by atoms with Gasteiger partial charge < -0.3 is 19.0 Å². The van der Waals surface area contributed by atoms with E-state index in [0.29, 0.717) is 33.5 Å². The summed E-state index contributed by atoms with van der Waals surface area (Å²) in [6.45, 7) is 2.12. The van der Waals surface area contributed by atoms with Gasteiger partial charge in [0.05, 0.1) is 36.0 Å². The molecule has 0 aliphatic rings. The number of hydrogen-bond donors (Lipinski definition) is 1. The molecule has 0 saturated carbocycles. The van der Waals surface area contributed by atoms with Gasteiger partial charge >= 0.3 is 0 Å². The Morgan fingerprint density at radius 1 is 1.19 bits per heavy atom. The third-order valence-corrected chi connectivity index (χ3v) is 4.43. The minimum absolute atomic E-state index is 0.0658. The van der Waals surface area contributed by atoms with Gasteiger partial charge in [0.15, 0.2) is 5.58 Å². The van der Waals surface area contributed by atoms with Crippen LogP contribution in [0.3, 0.4) is 0 Å². The summed E-state index contributed by atoms with van der Waals surface area (Å²) < 4.78 is 16.7. The minimum Gasteiger partial charge on any atom is -0.491 e. The number of halogens is 1. The van der Waals surface area contributed by atoms with Crippen molar-refractivity contribution in [3.63, 3.8) is 0 Å². The Labute approximate surface area is 160 Å². The SMILES string of the molecule is COc1cnc2c(-c3cc4cc(OCCO)cc(Cl)c4o3)cc(C)cc2n1. The topological polar surface area (TPSA) is 77.6 Å². The molecule has 2 aromatic heterocycles. The number of rotatable bonds is 5. The number of ether oxygens (including phenoxy) is 2. The molecule has 7 heteroatoms. The normalized spacial score (nSPS) is 11.3. The molecule has 6 nitrogen and oxygen atoms in total. The Morgan fingerprint density at radius 3 is 2.81 bits per heavy atom. The highest BCUT2D eigenvalue weighted by Crippen LogP contribution is 2.37. The lowest BCUT2D eigenvalue weighted by Gasteiger charge is -2.06. The number of aliphatic hydroxyl groups is 1. The van der Waals surface area contributed by atoms with E-state index in [1.165, 1.54) is 0 Å². The molecule has 4 aromatic rings. The average molecular weight is 385 g/mol. The van der Waals surface area contributed by atoms with E-state index < -0.39 is 0 Å². The molecule has 1 N–H and O–H groups in total. The second-order valence-corrected chi connectivity index (χ2v) is 6.51. The van der Waals surface area contributed by atoms with E-state index in [4.69, 9.17) is 30.6 Å². The Balaban J connectivity index is 1.88. The van der Waals surface area contributed by atoms with E-state index in [1.807, 2.05) is 31.2 Å². The third kappa shape index (κ3) is 3.29. The summed E-state index contributed by atoms with van der Waals surface area (Å²) in [5.74, 6) is 1.67. The third-order valence-electron chi connectivity index (χ3n) is 4.15. The summed E-state index contributed by atoms with van der Waals surface area (Å²) in [4.78, 5) is 8.95. The van der Waals surface area contributed by atoms with Crippen LogP contribution in [0.2, 0.25) is 5.02 Å². The van der Waals surface area contributed by atoms with E-state index >= 15 is 0 Å². The van der Waals surface area contributed by atoms with E-state index in [0.717, 1.165) is 22.0 Å². The number of aromatic nitrogens is 2. The summed E-state index contributed by atoms with van der Waals surface area (Å²) in [6.07, 6.45) is 1.58. The van der Waals surface area contributed by atoms with Gasteiger partial charge in [-0.1, -0.05) is 11.6 Å². The second-order valence-electron chi connectivity index (χ2n) is 6.10. The quantitative estimate of drug-likeness (QED) is 0.550. The maximum atomic E-state index is 8.93. The summed E-state index contributed by atoms with van der Waals surface area (Å²) in [5, 5.41) is 10.2. The van der Waals surface area contributed by atoms with Crippen LogP contribution < -0.4 is 9.47 Å². The highest BCUT2D eigenvalue weighted by Gasteiger charge is 2.15. The van der Waals surface area contributed by atoms with Crippen LogP contribution in [0.25, 0.3) is 33.3 Å². The van der Waals surface area contributed by atoms with Gasteiger partial charge in [0, 0.05) is 17.0 Å². The van der Waals surface area contributed by atoms with Crippen LogP contribution in [0.4, 0.5) is 0 Å². The predicted molar refractivity (Wildman–Crippen MR) is 104 cm³/mol. The van der Waals surface area contributed by atoms with Gasteiger partial charge in [-0.15, -0.1) is 0 Å². The zero-order chi connectivity index (χ0) is 19.0. The van der Waals surface area contributed by atoms with Crippen LogP contribution >= 0.6 is 11.6 Å². The first-order valence-electron chi connectivity index (χ1n) is 8.37. The zero-order valence-corrected chi connectivity index (χ0v) is 15.6. The predicted octanol–water partition coefficient (Wildman–Crippen LogP) is 4.38. The van der Waals surface area contributed by atoms with Crippen LogP contribution in [0, 0.1) is 6.92 Å². The van der Waals surface area contributed by atoms with Crippen molar-refractivity contribution in [1.82, 2.24) is 9.97 Å². The number of furan rings is 1. The number of fused-ring (bicyclic) bond motifs is 2. The van der Waals surface area contributed by atoms with Crippen LogP contribution in [0.15, 0.2) is 40.9 Å². The fraction of sp³-hybridized carbons (Fsp3) is 0.200. The van der Waals surface area contributed by atoms with Crippen molar-refractivity contribution in [1.29, 1.82) is 0 Å². The molecular formula is C20H17ClN2O4. The fourth-order valence-electron chi connectivity index (χ4n) is 3.00. The van der Waals surface area contributed by atoms with E-state index in [9.17, 15) is 0 Å². The summed E-state index contributed by atoms with van der Waals surface area (Å²) in [5.41, 5.74) is 3.86. The Hall–Kier alpha value is -2.83. The number of benzene rings is 2. The number of methoxy groups -OCH3 is 1. The number of aryl methyl sites for hydroxylation is 1. The van der Waals surface area contributed by atoms with Crippen molar-refractivity contribution in [3.05, 3.63) is 47.1 Å². The van der Waals surface area contributed by atoms with Gasteiger partial charge in [0.1, 0.15) is 18.1 Å². The van der Waals surface area contributed by atoms with Gasteiger partial charge in [0.2, 0.25) is 5.88 Å². The number of nitrogens with zero attached hydrogens (tertiary/aromatic N) is 2. The molecule has 2 heterocycles. The second kappa shape index (κ2) is 7.06. The van der Waals surface area contributed by atoms with Crippen LogP contribution in [-0.2, 0) is 0 Å². The van der Waals surface area contributed by atoms with Gasteiger partial charge in [-0.3, -0.25) is 0 Å². The molecule has 0 bridgehead atoms. The smallest absolute Gasteiger partial charge is 0.232 e. The number of hydrogen-bond acceptors (Lipinski definition) is 6. The molecule has 0 spiro atoms. The number of aliphatic hydroxyl groups excluding tert-OH is 1. The molecule has 4 rings (SSSR count). The summed E-state index contributed by atoms with van der Waals surface area (Å²) in [6, 6.07) is 9.35. The van der Waals surface area contributed by atoms with Crippen molar-refractivity contribution in [2.24, 2.45) is 0 Å². The van der Waals surface area contributed by atoms with Crippen LogP contribution in [0.1, 0.15) is 5.56 Å². The van der Waals surface area contributed by atoms with Gasteiger partial charge in [-0.05, 0) is 36.8 Å². The van der Waals surface area contributed by atoms with Crippen LogP contribution in [0.5, 0.6) is 11.6 Å². The minimum atomic E-state index is -0.0658. The molecule has 0 aliphatic heterocycles. The molecule has 0 fully saturated rings. The zero-order valence-electron chi connectivity index (χ0n) is 14.8. The molecule has 138 valence electrons. The Bertz CT molecular complexity index is 1140. The monoisotopic (exact) mass is 384 g/mol. The summed E-state index contributed by atoms with van der Waals surface area (Å²) >= 11 is 6.35. The molecule has 0 unspecified atom stereocenters. The maximum Gasteiger partial charge on any atom is 0.232 e. The average Bonchev–Trinajstić information content (AvgIpc) is 3.09. The van der Waals surface area contributed by atoms with E-state index in [1.54, 1.807) is 19.4 Å². The largest absolute Gasteiger partial charge is 0.491 e. The summed E-state index contributed by atoms with van der Waals surface area (Å²) in [7, 11) is 1.56. The molecule has 0 saturated heterocycles. The highest BCUT2D eigenvalue weighted by molar-refractivity contribution is 6.35. The lowest BCUT2D eigenvalue weighted by Crippen LogP contribution is -2.01. The van der Waals surface area contributed by atoms with Gasteiger partial charge in [-0.25, -0.2) is 9.97 Å². The van der Waals surface area contributed by atoms with Crippen molar-refractivity contribution in [2.45, 2.75) is 6.92 Å². The standard InChI is InChI=1S/C20H17ClN2O4/c1-11-5-14(19-16(6-11)23-18(25-2)10-22-19)17-8-12-7-13(26-4-3-24)9-15(21)20(12)27-17/h5-10,24H,3-4H2,1-2H3. The molecule has 27 heavy (non-hydrogen) atoms. The molecule has 0 aliphatic carbocycles. The maximum absolute atomic E-state index is 8.93. The highest BCUT2D eigenvalue weighted by atomic mass is 35.5. The van der Waals surface area contributed by atoms with Crippen molar-refractivity contribution >= 4 is 33.6 Å². The molecule has 0 amide bonds. The molecule has 0 atom stereocenters. The Kier molecular flexibility index (Phi) is 4.59. The molecular weight excluding hydrogens is 368 g/mol. The fourth-order valence-corrected chi connectivity index (χ4v) is 3.25. The van der Waals surface area contributed by atoms with Crippen LogP contribution in [-0.4, -0.2) is 35.4 Å². The van der Waals surface area contributed by atoms with Crippen molar-refractivity contribution in [3.8, 4) is 23.0 Å². The van der Waals surface area contributed by atoms with E-state index in [2.05, 4.69) is 9.97 Å². The van der Waals surface area contributed by atoms with Gasteiger partial charge in [0.25, 0.3) is 0 Å². The van der Waals surface area contributed by atoms with E-state index in [-0.39, 0.29) is 13.2 Å². The van der Waals surface area contributed by atoms with Gasteiger partial charge in [-0.2, -0.15) is 0 Å². The first-order valence-corrected chi connectivity index (χ1v) is 8.75.